The van der Waals surface area contributed by atoms with E-state index >= 15 is 0 Å². The molecule has 3 saturated heterocycles. The minimum atomic E-state index is 0.00402. The fraction of sp³-hybridized carbons (Fsp3) is 0.727. The average Bonchev–Trinajstić information content (AvgIpc) is 4.02. The van der Waals surface area contributed by atoms with Gasteiger partial charge in [-0.05, 0) is 139 Å². The van der Waals surface area contributed by atoms with Crippen LogP contribution in [0.4, 0.5) is 0 Å². The first-order valence-corrected chi connectivity index (χ1v) is 33.3. The minimum absolute atomic E-state index is 0.00402. The summed E-state index contributed by atoms with van der Waals surface area (Å²) in [6, 6.07) is 23.9. The number of nitrogens with zero attached hydrogens (tertiary/aromatic N) is 8. The molecule has 7 rings (SSSR count). The van der Waals surface area contributed by atoms with E-state index in [9.17, 15) is 0 Å². The zero-order chi connectivity index (χ0) is 57.3. The van der Waals surface area contributed by atoms with Gasteiger partial charge in [0.25, 0.3) is 0 Å². The average molecular weight is 1140 g/mol. The van der Waals surface area contributed by atoms with Crippen molar-refractivity contribution in [3.8, 4) is 0 Å². The highest BCUT2D eigenvalue weighted by atomic mass is 32.2. The SMILES string of the molecule is CC(C)CC1CO[C@H](C)CN(C)[C@@H](CC(C)C)CO[C@H](Cc2ccc(Cn3nccc3C3CSC3)cc2)CN(C)[C@@H](CC(C)C)CO[C@H](C)CN(C)[C@@H](CC(C)C)CO[C@H](Cc2ccc(Cn3nccc3C3CSC3)cc2)CN1C. The highest BCUT2D eigenvalue weighted by molar-refractivity contribution is 8.00. The van der Waals surface area contributed by atoms with Gasteiger partial charge in [0.05, 0.1) is 63.9 Å². The third kappa shape index (κ3) is 20.8. The van der Waals surface area contributed by atoms with E-state index in [1.54, 1.807) is 0 Å². The molecule has 0 aliphatic carbocycles. The van der Waals surface area contributed by atoms with Gasteiger partial charge in [0.2, 0.25) is 0 Å². The van der Waals surface area contributed by atoms with Gasteiger partial charge in [0.15, 0.2) is 0 Å². The van der Waals surface area contributed by atoms with Crippen molar-refractivity contribution < 1.29 is 18.9 Å². The number of thioether (sulfide) groups is 2. The maximum atomic E-state index is 7.24. The fourth-order valence-corrected chi connectivity index (χ4v) is 13.7. The van der Waals surface area contributed by atoms with Crippen molar-refractivity contribution in [3.63, 3.8) is 0 Å². The molecular weight excluding hydrogens is 1030 g/mol. The fourth-order valence-electron chi connectivity index (χ4n) is 12.1. The zero-order valence-electron chi connectivity index (χ0n) is 52.2. The van der Waals surface area contributed by atoms with Crippen LogP contribution in [0.2, 0.25) is 0 Å². The van der Waals surface area contributed by atoms with E-state index in [0.29, 0.717) is 61.9 Å². The van der Waals surface area contributed by atoms with E-state index < -0.39 is 0 Å². The smallest absolute Gasteiger partial charge is 0.0743 e. The number of aromatic nitrogens is 4. The van der Waals surface area contributed by atoms with Crippen LogP contribution >= 0.6 is 23.5 Å². The Kier molecular flexibility index (Phi) is 26.3. The lowest BCUT2D eigenvalue weighted by Gasteiger charge is -2.37. The Morgan fingerprint density at radius 3 is 1.02 bits per heavy atom. The maximum absolute atomic E-state index is 7.24. The molecule has 3 fully saturated rings. The summed E-state index contributed by atoms with van der Waals surface area (Å²) < 4.78 is 32.8. The molecule has 0 saturated carbocycles. The van der Waals surface area contributed by atoms with Crippen LogP contribution in [0.1, 0.15) is 140 Å². The maximum Gasteiger partial charge on any atom is 0.0743 e. The van der Waals surface area contributed by atoms with Crippen molar-refractivity contribution in [3.05, 3.63) is 107 Å². The summed E-state index contributed by atoms with van der Waals surface area (Å²) in [5.74, 6) is 8.13. The number of benzene rings is 2. The molecule has 4 aromatic rings. The lowest BCUT2D eigenvalue weighted by atomic mass is 10.0. The van der Waals surface area contributed by atoms with Crippen LogP contribution in [0.15, 0.2) is 73.1 Å². The van der Waals surface area contributed by atoms with Crippen LogP contribution in [0, 0.1) is 23.7 Å². The predicted octanol–water partition coefficient (Wildman–Crippen LogP) is 11.6. The second-order valence-electron chi connectivity index (χ2n) is 26.4. The second kappa shape index (κ2) is 32.5. The highest BCUT2D eigenvalue weighted by Crippen LogP contribution is 2.35. The molecule has 0 bridgehead atoms. The summed E-state index contributed by atoms with van der Waals surface area (Å²) in [7, 11) is 9.16. The van der Waals surface area contributed by atoms with E-state index in [-0.39, 0.29) is 48.6 Å². The summed E-state index contributed by atoms with van der Waals surface area (Å²) >= 11 is 4.05. The Balaban J connectivity index is 1.10. The number of ether oxygens (including phenoxy) is 4. The first-order chi connectivity index (χ1) is 38.3. The van der Waals surface area contributed by atoms with E-state index in [4.69, 9.17) is 29.1 Å². The molecule has 3 aliphatic rings. The first kappa shape index (κ1) is 64.8. The highest BCUT2D eigenvalue weighted by Gasteiger charge is 2.30. The monoisotopic (exact) mass is 1140 g/mol. The molecule has 5 heterocycles. The Bertz CT molecular complexity index is 2160. The van der Waals surface area contributed by atoms with Crippen molar-refractivity contribution in [2.24, 2.45) is 23.7 Å². The molecular formula is C66H108N8O4S2. The van der Waals surface area contributed by atoms with E-state index in [1.807, 2.05) is 35.9 Å². The molecule has 8 atom stereocenters. The standard InChI is InChI=1S/C66H108N8O4S2/c1-47(2)27-59-39-75-51(9)33-69(11)62(30-50(7)8)42-78-64(32-54-17-21-56(22-18-54)36-74-66(24-26-68-74)58-45-80-46-58)38-72(14)60(28-48(3)4)40-76-52(10)34-70(12)61(29-49(5)6)41-77-63(37-71(59)13)31-53-15-19-55(20-16-53)35-73-65(23-25-67-73)57-43-79-44-57/h15-26,47-52,57-64H,27-46H2,1-14H3/t51-,52-,59+,60?,61+,62+,63-,64-/m1/s1. The lowest BCUT2D eigenvalue weighted by molar-refractivity contribution is -0.0536. The molecule has 14 heteroatoms. The first-order valence-electron chi connectivity index (χ1n) is 31.0. The number of likely N-dealkylation sites (N-methyl/N-ethyl adjacent to an activating group) is 4. The Morgan fingerprint density at radius 1 is 0.425 bits per heavy atom. The van der Waals surface area contributed by atoms with E-state index in [1.165, 1.54) is 56.7 Å². The van der Waals surface area contributed by atoms with Gasteiger partial charge in [0.1, 0.15) is 0 Å². The molecule has 12 nitrogen and oxygen atoms in total. The van der Waals surface area contributed by atoms with Gasteiger partial charge in [-0.15, -0.1) is 0 Å². The van der Waals surface area contributed by atoms with Crippen LogP contribution in [0.5, 0.6) is 0 Å². The number of rotatable bonds is 18. The summed E-state index contributed by atoms with van der Waals surface area (Å²) in [5, 5.41) is 9.46. The van der Waals surface area contributed by atoms with Crippen LogP contribution in [-0.2, 0) is 44.9 Å². The molecule has 1 unspecified atom stereocenters. The third-order valence-electron chi connectivity index (χ3n) is 17.0. The van der Waals surface area contributed by atoms with Crippen LogP contribution in [-0.4, -0.2) is 192 Å². The topological polar surface area (TPSA) is 85.5 Å². The number of hydrogen-bond donors (Lipinski definition) is 0. The van der Waals surface area contributed by atoms with Gasteiger partial charge >= 0.3 is 0 Å². The Morgan fingerprint density at radius 2 is 0.725 bits per heavy atom. The Labute approximate surface area is 494 Å². The van der Waals surface area contributed by atoms with Crippen molar-refractivity contribution in [1.82, 2.24) is 39.2 Å². The van der Waals surface area contributed by atoms with Crippen molar-refractivity contribution in [2.45, 2.75) is 181 Å². The van der Waals surface area contributed by atoms with Crippen LogP contribution in [0.3, 0.4) is 0 Å². The van der Waals surface area contributed by atoms with E-state index in [2.05, 4.69) is 187 Å². The quantitative estimate of drug-likeness (QED) is 0.0951. The lowest BCUT2D eigenvalue weighted by Crippen LogP contribution is -2.47. The molecule has 448 valence electrons. The van der Waals surface area contributed by atoms with Gasteiger partial charge in [-0.1, -0.05) is 104 Å². The molecule has 0 amide bonds. The molecule has 80 heavy (non-hydrogen) atoms. The van der Waals surface area contributed by atoms with Gasteiger partial charge in [-0.3, -0.25) is 29.0 Å². The summed E-state index contributed by atoms with van der Waals surface area (Å²) in [4.78, 5) is 10.1. The zero-order valence-corrected chi connectivity index (χ0v) is 53.8. The van der Waals surface area contributed by atoms with Gasteiger partial charge in [0, 0.05) is 109 Å². The molecule has 0 radical (unpaired) electrons. The molecule has 2 aromatic carbocycles. The molecule has 2 aromatic heterocycles. The summed E-state index contributed by atoms with van der Waals surface area (Å²) in [5.41, 5.74) is 7.91. The minimum Gasteiger partial charge on any atom is -0.376 e. The molecule has 0 N–H and O–H groups in total. The molecule has 0 spiro atoms. The van der Waals surface area contributed by atoms with Crippen molar-refractivity contribution in [1.29, 1.82) is 0 Å². The summed E-state index contributed by atoms with van der Waals surface area (Å²) in [6.07, 6.45) is 9.94. The second-order valence-corrected chi connectivity index (χ2v) is 28.6. The van der Waals surface area contributed by atoms with E-state index in [0.717, 1.165) is 77.8 Å². The number of hydrogen-bond acceptors (Lipinski definition) is 12. The normalized spacial score (nSPS) is 26.5. The van der Waals surface area contributed by atoms with Crippen molar-refractivity contribution in [2.75, 3.05) is 104 Å². The Hall–Kier alpha value is -2.76. The van der Waals surface area contributed by atoms with Crippen LogP contribution in [0.25, 0.3) is 0 Å². The summed E-state index contributed by atoms with van der Waals surface area (Å²) in [6.45, 7) is 30.9. The molecule has 3 aliphatic heterocycles. The van der Waals surface area contributed by atoms with Crippen LogP contribution < -0.4 is 0 Å². The van der Waals surface area contributed by atoms with Gasteiger partial charge < -0.3 is 18.9 Å². The third-order valence-corrected chi connectivity index (χ3v) is 19.5. The predicted molar refractivity (Wildman–Crippen MR) is 337 cm³/mol. The van der Waals surface area contributed by atoms with Crippen molar-refractivity contribution >= 4 is 23.5 Å². The largest absolute Gasteiger partial charge is 0.376 e. The van der Waals surface area contributed by atoms with Gasteiger partial charge in [-0.2, -0.15) is 33.7 Å². The van der Waals surface area contributed by atoms with Gasteiger partial charge in [-0.25, -0.2) is 0 Å².